The predicted octanol–water partition coefficient (Wildman–Crippen LogP) is 0.306. The summed E-state index contributed by atoms with van der Waals surface area (Å²) in [5.41, 5.74) is 2.03. The highest BCUT2D eigenvalue weighted by atomic mass is 32.2. The number of carboxylic acid groups (broad SMARTS) is 1. The van der Waals surface area contributed by atoms with Gasteiger partial charge in [0.05, 0.1) is 5.75 Å². The summed E-state index contributed by atoms with van der Waals surface area (Å²) in [7, 11) is 0. The normalized spacial score (nSPS) is 9.75. The van der Waals surface area contributed by atoms with Crippen LogP contribution in [0.3, 0.4) is 0 Å². The number of hydrogen-bond acceptors (Lipinski definition) is 5. The molecule has 0 fully saturated rings. The topological polar surface area (TPSA) is 88.5 Å². The van der Waals surface area contributed by atoms with Gasteiger partial charge in [-0.2, -0.15) is 0 Å². The van der Waals surface area contributed by atoms with E-state index < -0.39 is 12.6 Å². The van der Waals surface area contributed by atoms with Crippen molar-refractivity contribution in [1.29, 1.82) is 0 Å². The molecule has 0 unspecified atom stereocenters. The maximum atomic E-state index is 11.1. The summed E-state index contributed by atoms with van der Waals surface area (Å²) in [5, 5.41) is 8.25. The summed E-state index contributed by atoms with van der Waals surface area (Å²) in [6.45, 7) is -0.550. The van der Waals surface area contributed by atoms with Crippen molar-refractivity contribution in [1.82, 2.24) is 10.5 Å². The number of pyridine rings is 1. The van der Waals surface area contributed by atoms with Gasteiger partial charge in [-0.3, -0.25) is 14.6 Å². The number of aromatic nitrogens is 1. The molecule has 1 heterocycles. The molecule has 0 aromatic carbocycles. The second-order valence-corrected chi connectivity index (χ2v) is 3.73. The van der Waals surface area contributed by atoms with Crippen LogP contribution in [0.4, 0.5) is 0 Å². The molecule has 1 aromatic rings. The number of hydroxylamine groups is 1. The van der Waals surface area contributed by atoms with Gasteiger partial charge in [-0.15, -0.1) is 11.8 Å². The Balaban J connectivity index is 2.18. The molecule has 2 N–H and O–H groups in total. The van der Waals surface area contributed by atoms with E-state index in [9.17, 15) is 9.59 Å². The lowest BCUT2D eigenvalue weighted by Crippen LogP contribution is -2.27. The third-order valence-corrected chi connectivity index (χ3v) is 2.41. The van der Waals surface area contributed by atoms with Crippen molar-refractivity contribution >= 4 is 23.6 Å². The van der Waals surface area contributed by atoms with Crippen molar-refractivity contribution in [2.45, 2.75) is 4.90 Å². The SMILES string of the molecule is O=C(O)CONC(=O)CSc1ccncc1. The molecule has 0 aliphatic heterocycles. The molecule has 0 aliphatic rings. The number of thioether (sulfide) groups is 1. The Morgan fingerprint density at radius 1 is 1.44 bits per heavy atom. The van der Waals surface area contributed by atoms with E-state index >= 15 is 0 Å². The van der Waals surface area contributed by atoms with Crippen LogP contribution in [0.1, 0.15) is 0 Å². The maximum absolute atomic E-state index is 11.1. The zero-order chi connectivity index (χ0) is 11.8. The molecule has 1 aromatic heterocycles. The van der Waals surface area contributed by atoms with Crippen LogP contribution in [-0.4, -0.2) is 34.3 Å². The van der Waals surface area contributed by atoms with E-state index in [0.29, 0.717) is 0 Å². The molecule has 86 valence electrons. The number of carbonyl (C=O) groups is 2. The van der Waals surface area contributed by atoms with Gasteiger partial charge < -0.3 is 5.11 Å². The van der Waals surface area contributed by atoms with Crippen molar-refractivity contribution in [3.05, 3.63) is 24.5 Å². The predicted molar refractivity (Wildman–Crippen MR) is 56.7 cm³/mol. The lowest BCUT2D eigenvalue weighted by molar-refractivity contribution is -0.148. The largest absolute Gasteiger partial charge is 0.479 e. The van der Waals surface area contributed by atoms with E-state index in [1.54, 1.807) is 24.5 Å². The van der Waals surface area contributed by atoms with Gasteiger partial charge in [0.1, 0.15) is 0 Å². The van der Waals surface area contributed by atoms with Crippen LogP contribution in [0.5, 0.6) is 0 Å². The maximum Gasteiger partial charge on any atom is 0.332 e. The Labute approximate surface area is 96.0 Å². The summed E-state index contributed by atoms with van der Waals surface area (Å²) >= 11 is 1.31. The quantitative estimate of drug-likeness (QED) is 0.551. The number of carboxylic acids is 1. The number of aliphatic carboxylic acids is 1. The highest BCUT2D eigenvalue weighted by molar-refractivity contribution is 8.00. The Bertz CT molecular complexity index is 358. The van der Waals surface area contributed by atoms with Crippen molar-refractivity contribution in [2.75, 3.05) is 12.4 Å². The van der Waals surface area contributed by atoms with E-state index in [0.717, 1.165) is 4.90 Å². The molecule has 1 amide bonds. The van der Waals surface area contributed by atoms with E-state index in [-0.39, 0.29) is 11.7 Å². The number of nitrogens with zero attached hydrogens (tertiary/aromatic N) is 1. The number of rotatable bonds is 6. The van der Waals surface area contributed by atoms with Gasteiger partial charge in [-0.1, -0.05) is 0 Å². The smallest absolute Gasteiger partial charge is 0.332 e. The average molecular weight is 242 g/mol. The Morgan fingerprint density at radius 3 is 2.75 bits per heavy atom. The standard InChI is InChI=1S/C9H10N2O4S/c12-8(11-15-5-9(13)14)6-16-7-1-3-10-4-2-7/h1-4H,5-6H2,(H,11,12)(H,13,14). The monoisotopic (exact) mass is 242 g/mol. The van der Waals surface area contributed by atoms with Crippen LogP contribution in [0.2, 0.25) is 0 Å². The highest BCUT2D eigenvalue weighted by Gasteiger charge is 2.03. The van der Waals surface area contributed by atoms with Gasteiger partial charge in [-0.05, 0) is 12.1 Å². The molecule has 0 spiro atoms. The Hall–Kier alpha value is -1.60. The number of nitrogens with one attached hydrogen (secondary N) is 1. The molecule has 0 bridgehead atoms. The third-order valence-electron chi connectivity index (χ3n) is 1.40. The highest BCUT2D eigenvalue weighted by Crippen LogP contribution is 2.15. The van der Waals surface area contributed by atoms with Gasteiger partial charge in [0.25, 0.3) is 5.91 Å². The van der Waals surface area contributed by atoms with E-state index in [1.807, 2.05) is 5.48 Å². The fourth-order valence-electron chi connectivity index (χ4n) is 0.791. The minimum atomic E-state index is -1.14. The summed E-state index contributed by atoms with van der Waals surface area (Å²) in [6, 6.07) is 3.55. The average Bonchev–Trinajstić information content (AvgIpc) is 2.27. The molecular weight excluding hydrogens is 232 g/mol. The van der Waals surface area contributed by atoms with Crippen LogP contribution in [-0.2, 0) is 14.4 Å². The second-order valence-electron chi connectivity index (χ2n) is 2.68. The zero-order valence-electron chi connectivity index (χ0n) is 8.25. The number of amides is 1. The van der Waals surface area contributed by atoms with E-state index in [4.69, 9.17) is 5.11 Å². The Morgan fingerprint density at radius 2 is 2.12 bits per heavy atom. The lowest BCUT2D eigenvalue weighted by atomic mass is 10.5. The van der Waals surface area contributed by atoms with Gasteiger partial charge in [-0.25, -0.2) is 10.3 Å². The van der Waals surface area contributed by atoms with Crippen molar-refractivity contribution in [3.63, 3.8) is 0 Å². The zero-order valence-corrected chi connectivity index (χ0v) is 9.07. The summed E-state index contributed by atoms with van der Waals surface area (Å²) in [4.78, 5) is 30.4. The van der Waals surface area contributed by atoms with Crippen LogP contribution in [0.25, 0.3) is 0 Å². The summed E-state index contributed by atoms with van der Waals surface area (Å²) in [6.07, 6.45) is 3.25. The molecule has 0 aliphatic carbocycles. The first-order chi connectivity index (χ1) is 7.68. The molecule has 7 heteroatoms. The van der Waals surface area contributed by atoms with Gasteiger partial charge in [0, 0.05) is 17.3 Å². The fourth-order valence-corrected chi connectivity index (χ4v) is 1.46. The van der Waals surface area contributed by atoms with Crippen molar-refractivity contribution < 1.29 is 19.5 Å². The summed E-state index contributed by atoms with van der Waals surface area (Å²) < 4.78 is 0. The minimum absolute atomic E-state index is 0.156. The van der Waals surface area contributed by atoms with Crippen LogP contribution in [0.15, 0.2) is 29.4 Å². The first-order valence-corrected chi connectivity index (χ1v) is 5.32. The minimum Gasteiger partial charge on any atom is -0.479 e. The second kappa shape index (κ2) is 6.81. The van der Waals surface area contributed by atoms with E-state index in [2.05, 4.69) is 9.82 Å². The van der Waals surface area contributed by atoms with Gasteiger partial charge in [0.2, 0.25) is 0 Å². The van der Waals surface area contributed by atoms with Crippen molar-refractivity contribution in [3.8, 4) is 0 Å². The lowest BCUT2D eigenvalue weighted by Gasteiger charge is -2.03. The molecule has 0 saturated carbocycles. The van der Waals surface area contributed by atoms with Gasteiger partial charge >= 0.3 is 5.97 Å². The Kier molecular flexibility index (Phi) is 5.30. The molecule has 16 heavy (non-hydrogen) atoms. The first-order valence-electron chi connectivity index (χ1n) is 4.33. The number of hydrogen-bond donors (Lipinski definition) is 2. The van der Waals surface area contributed by atoms with Gasteiger partial charge in [0.15, 0.2) is 6.61 Å². The van der Waals surface area contributed by atoms with Crippen LogP contribution < -0.4 is 5.48 Å². The molecule has 0 radical (unpaired) electrons. The molecule has 1 rings (SSSR count). The van der Waals surface area contributed by atoms with E-state index in [1.165, 1.54) is 11.8 Å². The first kappa shape index (κ1) is 12.5. The number of carbonyl (C=O) groups excluding carboxylic acids is 1. The van der Waals surface area contributed by atoms with Crippen molar-refractivity contribution in [2.24, 2.45) is 0 Å². The molecule has 0 atom stereocenters. The molecule has 6 nitrogen and oxygen atoms in total. The fraction of sp³-hybridized carbons (Fsp3) is 0.222. The van der Waals surface area contributed by atoms with Crippen LogP contribution in [0, 0.1) is 0 Å². The molecular formula is C9H10N2O4S. The van der Waals surface area contributed by atoms with Crippen LogP contribution >= 0.6 is 11.8 Å². The summed E-state index contributed by atoms with van der Waals surface area (Å²) in [5.74, 6) is -1.37. The molecule has 0 saturated heterocycles. The third kappa shape index (κ3) is 5.32.